The van der Waals surface area contributed by atoms with Gasteiger partial charge in [-0.1, -0.05) is 30.9 Å². The van der Waals surface area contributed by atoms with Crippen LogP contribution >= 0.6 is 0 Å². The lowest BCUT2D eigenvalue weighted by molar-refractivity contribution is 0.269. The molecule has 0 fully saturated rings. The Bertz CT molecular complexity index is 482. The van der Waals surface area contributed by atoms with Gasteiger partial charge in [-0.2, -0.15) is 0 Å². The average molecular weight is 253 g/mol. The highest BCUT2D eigenvalue weighted by molar-refractivity contribution is 5.42. The van der Waals surface area contributed by atoms with Crippen LogP contribution in [0.1, 0.15) is 32.6 Å². The summed E-state index contributed by atoms with van der Waals surface area (Å²) in [6.45, 7) is 7.19. The SMILES string of the molecule is C=CC1=C(/C=C\C=C/C)N(C)CC12CCC#CCC2. The minimum Gasteiger partial charge on any atom is -0.373 e. The zero-order valence-corrected chi connectivity index (χ0v) is 12.1. The predicted molar refractivity (Wildman–Crippen MR) is 82.5 cm³/mol. The van der Waals surface area contributed by atoms with Gasteiger partial charge in [0.25, 0.3) is 0 Å². The van der Waals surface area contributed by atoms with Crippen molar-refractivity contribution in [2.75, 3.05) is 13.6 Å². The van der Waals surface area contributed by atoms with Crippen LogP contribution in [0.4, 0.5) is 0 Å². The number of rotatable bonds is 3. The number of hydrogen-bond donors (Lipinski definition) is 0. The molecule has 0 radical (unpaired) electrons. The van der Waals surface area contributed by atoms with Crippen LogP contribution in [0, 0.1) is 17.3 Å². The fraction of sp³-hybridized carbons (Fsp3) is 0.444. The molecule has 0 unspecified atom stereocenters. The van der Waals surface area contributed by atoms with Gasteiger partial charge in [-0.15, -0.1) is 11.8 Å². The molecule has 1 nitrogen and oxygen atoms in total. The van der Waals surface area contributed by atoms with Gasteiger partial charge in [0.2, 0.25) is 0 Å². The molecular formula is C18H23N. The molecule has 0 atom stereocenters. The summed E-state index contributed by atoms with van der Waals surface area (Å²) in [5.74, 6) is 6.54. The largest absolute Gasteiger partial charge is 0.373 e. The Kier molecular flexibility index (Phi) is 4.32. The van der Waals surface area contributed by atoms with E-state index < -0.39 is 0 Å². The Balaban J connectivity index is 2.34. The molecule has 0 aromatic carbocycles. The molecule has 0 bridgehead atoms. The van der Waals surface area contributed by atoms with Crippen molar-refractivity contribution < 1.29 is 0 Å². The lowest BCUT2D eigenvalue weighted by Crippen LogP contribution is -2.28. The van der Waals surface area contributed by atoms with Crippen molar-refractivity contribution in [3.05, 3.63) is 48.2 Å². The highest BCUT2D eigenvalue weighted by Crippen LogP contribution is 2.46. The highest BCUT2D eigenvalue weighted by Gasteiger charge is 2.40. The van der Waals surface area contributed by atoms with Crippen LogP contribution in [-0.4, -0.2) is 18.5 Å². The molecule has 0 saturated heterocycles. The molecule has 1 heterocycles. The van der Waals surface area contributed by atoms with E-state index in [1.807, 2.05) is 6.92 Å². The zero-order valence-electron chi connectivity index (χ0n) is 12.1. The molecule has 0 amide bonds. The van der Waals surface area contributed by atoms with E-state index in [1.54, 1.807) is 0 Å². The van der Waals surface area contributed by atoms with Crippen LogP contribution in [-0.2, 0) is 0 Å². The third-order valence-corrected chi connectivity index (χ3v) is 4.14. The van der Waals surface area contributed by atoms with Crippen molar-refractivity contribution in [3.8, 4) is 11.8 Å². The monoisotopic (exact) mass is 253 g/mol. The van der Waals surface area contributed by atoms with Crippen molar-refractivity contribution in [1.82, 2.24) is 4.90 Å². The van der Waals surface area contributed by atoms with Crippen molar-refractivity contribution in [1.29, 1.82) is 0 Å². The number of allylic oxidation sites excluding steroid dienone is 5. The lowest BCUT2D eigenvalue weighted by Gasteiger charge is -2.29. The Labute approximate surface area is 117 Å². The zero-order chi connectivity index (χ0) is 13.7. The van der Waals surface area contributed by atoms with Crippen molar-refractivity contribution in [2.24, 2.45) is 5.41 Å². The van der Waals surface area contributed by atoms with E-state index in [0.29, 0.717) is 0 Å². The van der Waals surface area contributed by atoms with Gasteiger partial charge in [0.1, 0.15) is 0 Å². The summed E-state index contributed by atoms with van der Waals surface area (Å²) in [5.41, 5.74) is 2.97. The van der Waals surface area contributed by atoms with Crippen molar-refractivity contribution in [2.45, 2.75) is 32.6 Å². The summed E-state index contributed by atoms with van der Waals surface area (Å²) >= 11 is 0. The summed E-state index contributed by atoms with van der Waals surface area (Å²) in [4.78, 5) is 2.36. The standard InChI is InChI=1S/C18H23N/c1-4-6-9-12-17-16(5-2)18(15-19(17)3)13-10-7-8-11-14-18/h4-6,9,12H,2,10-11,13-15H2,1,3H3/b6-4-,12-9-. The molecule has 2 rings (SSSR count). The van der Waals surface area contributed by atoms with E-state index >= 15 is 0 Å². The van der Waals surface area contributed by atoms with Gasteiger partial charge in [0.15, 0.2) is 0 Å². The Morgan fingerprint density at radius 3 is 2.47 bits per heavy atom. The predicted octanol–water partition coefficient (Wildman–Crippen LogP) is 4.07. The van der Waals surface area contributed by atoms with E-state index in [4.69, 9.17) is 0 Å². The maximum absolute atomic E-state index is 4.06. The second kappa shape index (κ2) is 5.97. The molecule has 0 aromatic heterocycles. The first-order valence-corrected chi connectivity index (χ1v) is 7.07. The van der Waals surface area contributed by atoms with Gasteiger partial charge in [-0.25, -0.2) is 0 Å². The van der Waals surface area contributed by atoms with Gasteiger partial charge in [-0.3, -0.25) is 0 Å². The van der Waals surface area contributed by atoms with Crippen LogP contribution in [0.25, 0.3) is 0 Å². The van der Waals surface area contributed by atoms with E-state index in [9.17, 15) is 0 Å². The van der Waals surface area contributed by atoms with Gasteiger partial charge in [0.05, 0.1) is 0 Å². The summed E-state index contributed by atoms with van der Waals surface area (Å²) in [6, 6.07) is 0. The number of nitrogens with zero attached hydrogens (tertiary/aromatic N) is 1. The third kappa shape index (κ3) is 2.68. The average Bonchev–Trinajstić information content (AvgIpc) is 2.56. The first-order chi connectivity index (χ1) is 9.23. The normalized spacial score (nSPS) is 22.1. The molecule has 0 N–H and O–H groups in total. The molecule has 1 aliphatic carbocycles. The van der Waals surface area contributed by atoms with E-state index in [2.05, 4.69) is 60.7 Å². The van der Waals surface area contributed by atoms with E-state index in [-0.39, 0.29) is 5.41 Å². The minimum atomic E-state index is 0.253. The summed E-state index contributed by atoms with van der Waals surface area (Å²) in [7, 11) is 2.18. The Hall–Kier alpha value is -1.68. The smallest absolute Gasteiger partial charge is 0.0402 e. The second-order valence-corrected chi connectivity index (χ2v) is 5.38. The molecule has 1 aliphatic heterocycles. The summed E-state index contributed by atoms with van der Waals surface area (Å²) in [5, 5.41) is 0. The fourth-order valence-corrected chi connectivity index (χ4v) is 3.23. The molecule has 2 aliphatic rings. The molecule has 0 aromatic rings. The molecule has 1 spiro atoms. The topological polar surface area (TPSA) is 3.24 Å². The Morgan fingerprint density at radius 1 is 1.21 bits per heavy atom. The molecule has 1 heteroatoms. The third-order valence-electron chi connectivity index (χ3n) is 4.14. The van der Waals surface area contributed by atoms with Gasteiger partial charge in [-0.05, 0) is 31.4 Å². The van der Waals surface area contributed by atoms with E-state index in [0.717, 1.165) is 32.2 Å². The van der Waals surface area contributed by atoms with Gasteiger partial charge < -0.3 is 4.90 Å². The van der Waals surface area contributed by atoms with Crippen LogP contribution in [0.5, 0.6) is 0 Å². The fourth-order valence-electron chi connectivity index (χ4n) is 3.23. The quantitative estimate of drug-likeness (QED) is 0.541. The maximum Gasteiger partial charge on any atom is 0.0402 e. The first kappa shape index (κ1) is 13.7. The summed E-state index contributed by atoms with van der Waals surface area (Å²) < 4.78 is 0. The van der Waals surface area contributed by atoms with Crippen LogP contribution < -0.4 is 0 Å². The van der Waals surface area contributed by atoms with Crippen molar-refractivity contribution >= 4 is 0 Å². The number of hydrogen-bond acceptors (Lipinski definition) is 1. The maximum atomic E-state index is 4.06. The van der Waals surface area contributed by atoms with Crippen LogP contribution in [0.15, 0.2) is 48.2 Å². The van der Waals surface area contributed by atoms with Crippen molar-refractivity contribution in [3.63, 3.8) is 0 Å². The molecule has 19 heavy (non-hydrogen) atoms. The highest BCUT2D eigenvalue weighted by atomic mass is 15.1. The van der Waals surface area contributed by atoms with Gasteiger partial charge in [0, 0.05) is 37.5 Å². The molecule has 0 saturated carbocycles. The lowest BCUT2D eigenvalue weighted by atomic mass is 9.75. The first-order valence-electron chi connectivity index (χ1n) is 7.07. The second-order valence-electron chi connectivity index (χ2n) is 5.38. The van der Waals surface area contributed by atoms with Gasteiger partial charge >= 0.3 is 0 Å². The molecule has 100 valence electrons. The van der Waals surface area contributed by atoms with Crippen LogP contribution in [0.3, 0.4) is 0 Å². The number of likely N-dealkylation sites (N-methyl/N-ethyl adjacent to an activating group) is 1. The summed E-state index contributed by atoms with van der Waals surface area (Å²) in [6.07, 6.45) is 14.8. The van der Waals surface area contributed by atoms with Crippen LogP contribution in [0.2, 0.25) is 0 Å². The Morgan fingerprint density at radius 2 is 1.89 bits per heavy atom. The van der Waals surface area contributed by atoms with E-state index in [1.165, 1.54) is 11.3 Å². The minimum absolute atomic E-state index is 0.253. The molecular weight excluding hydrogens is 230 g/mol.